The lowest BCUT2D eigenvalue weighted by Gasteiger charge is -2.17. The lowest BCUT2D eigenvalue weighted by molar-refractivity contribution is -0.117. The second kappa shape index (κ2) is 9.54. The van der Waals surface area contributed by atoms with Gasteiger partial charge in [0.2, 0.25) is 5.91 Å². The number of hydrogen-bond acceptors (Lipinski definition) is 7. The second-order valence-electron chi connectivity index (χ2n) is 7.26. The van der Waals surface area contributed by atoms with E-state index in [0.717, 1.165) is 28.7 Å². The highest BCUT2D eigenvalue weighted by molar-refractivity contribution is 5.94. The Hall–Kier alpha value is -3.83. The molecule has 0 atom stereocenters. The quantitative estimate of drug-likeness (QED) is 0.463. The molecule has 2 aromatic heterocycles. The highest BCUT2D eigenvalue weighted by Gasteiger charge is 2.21. The summed E-state index contributed by atoms with van der Waals surface area (Å²) in [6.45, 7) is 2.01. The minimum Gasteiger partial charge on any atom is -0.491 e. The predicted octanol–water partition coefficient (Wildman–Crippen LogP) is 0.441. The zero-order valence-corrected chi connectivity index (χ0v) is 18.4. The van der Waals surface area contributed by atoms with E-state index in [-0.39, 0.29) is 5.91 Å². The molecule has 8 nitrogen and oxygen atoms in total. The average molecular weight is 431 g/mol. The highest BCUT2D eigenvalue weighted by atomic mass is 16.5. The van der Waals surface area contributed by atoms with Crippen molar-refractivity contribution >= 4 is 23.4 Å². The molecule has 0 fully saturated rings. The van der Waals surface area contributed by atoms with E-state index in [1.54, 1.807) is 20.4 Å². The van der Waals surface area contributed by atoms with Crippen LogP contribution in [0.5, 0.6) is 5.75 Å². The molecule has 0 spiro atoms. The van der Waals surface area contributed by atoms with Crippen molar-refractivity contribution in [2.75, 3.05) is 45.8 Å². The van der Waals surface area contributed by atoms with Crippen LogP contribution in [0.1, 0.15) is 6.42 Å². The number of fused-ring (bicyclic) bond motifs is 1. The number of carbonyl (C=O) groups excluding carboxylic acids is 1. The van der Waals surface area contributed by atoms with Crippen molar-refractivity contribution in [3.8, 4) is 17.1 Å². The fraction of sp³-hybridized carbons (Fsp3) is 0.292. The van der Waals surface area contributed by atoms with Gasteiger partial charge in [0.05, 0.1) is 40.9 Å². The first-order valence-corrected chi connectivity index (χ1v) is 10.4. The van der Waals surface area contributed by atoms with Crippen LogP contribution in [0.3, 0.4) is 0 Å². The van der Waals surface area contributed by atoms with Gasteiger partial charge in [-0.3, -0.25) is 9.78 Å². The van der Waals surface area contributed by atoms with Gasteiger partial charge in [-0.2, -0.15) is 0 Å². The van der Waals surface area contributed by atoms with E-state index in [2.05, 4.69) is 27.1 Å². The zero-order valence-electron chi connectivity index (χ0n) is 18.4. The van der Waals surface area contributed by atoms with Gasteiger partial charge in [0.25, 0.3) is 0 Å². The number of carbonyl (C=O) groups is 1. The van der Waals surface area contributed by atoms with E-state index >= 15 is 0 Å². The van der Waals surface area contributed by atoms with Crippen molar-refractivity contribution in [2.24, 2.45) is 0 Å². The van der Waals surface area contributed by atoms with E-state index in [1.165, 1.54) is 0 Å². The van der Waals surface area contributed by atoms with Gasteiger partial charge in [-0.15, -0.1) is 0 Å². The molecule has 164 valence electrons. The van der Waals surface area contributed by atoms with Crippen LogP contribution in [-0.2, 0) is 9.53 Å². The van der Waals surface area contributed by atoms with Crippen molar-refractivity contribution < 1.29 is 14.3 Å². The number of rotatable bonds is 8. The summed E-state index contributed by atoms with van der Waals surface area (Å²) in [7, 11) is 5.10. The molecule has 8 heteroatoms. The molecule has 4 rings (SSSR count). The number of anilines is 1. The largest absolute Gasteiger partial charge is 0.491 e. The first-order valence-electron chi connectivity index (χ1n) is 10.4. The summed E-state index contributed by atoms with van der Waals surface area (Å²) in [6.07, 6.45) is 6.06. The Balaban J connectivity index is 1.76. The molecule has 0 saturated carbocycles. The summed E-state index contributed by atoms with van der Waals surface area (Å²) in [5.74, 6) is 1.18. The Morgan fingerprint density at radius 1 is 1.25 bits per heavy atom. The van der Waals surface area contributed by atoms with Crippen LogP contribution in [0.15, 0.2) is 47.7 Å². The number of amides is 1. The fourth-order valence-electron chi connectivity index (χ4n) is 3.50. The summed E-state index contributed by atoms with van der Waals surface area (Å²) in [5, 5.41) is 7.25. The molecule has 2 N–H and O–H groups in total. The number of hydrogen-bond donors (Lipinski definition) is 2. The average Bonchev–Trinajstić information content (AvgIpc) is 3.33. The molecule has 3 heterocycles. The van der Waals surface area contributed by atoms with Crippen LogP contribution in [0.2, 0.25) is 0 Å². The number of allylic oxidation sites excluding steroid dienone is 1. The lowest BCUT2D eigenvalue weighted by Crippen LogP contribution is -2.35. The molecule has 1 aliphatic heterocycles. The van der Waals surface area contributed by atoms with Crippen LogP contribution in [0.25, 0.3) is 23.2 Å². The summed E-state index contributed by atoms with van der Waals surface area (Å²) < 4.78 is 11.0. The van der Waals surface area contributed by atoms with Gasteiger partial charge in [-0.1, -0.05) is 5.73 Å². The third kappa shape index (κ3) is 4.43. The third-order valence-corrected chi connectivity index (χ3v) is 5.21. The summed E-state index contributed by atoms with van der Waals surface area (Å²) in [5.41, 5.74) is 9.22. The molecule has 0 radical (unpaired) electrons. The molecule has 1 aliphatic carbocycles. The first-order chi connectivity index (χ1) is 15.6. The Labute approximate surface area is 186 Å². The Kier molecular flexibility index (Phi) is 6.38. The van der Waals surface area contributed by atoms with Crippen molar-refractivity contribution in [1.29, 1.82) is 0 Å². The van der Waals surface area contributed by atoms with Crippen LogP contribution in [0, 0.1) is 0 Å². The smallest absolute Gasteiger partial charge is 0.248 e. The molecular formula is C24H25N5O3. The van der Waals surface area contributed by atoms with E-state index in [9.17, 15) is 4.79 Å². The maximum atomic E-state index is 12.1. The number of nitrogens with zero attached hydrogens (tertiary/aromatic N) is 3. The van der Waals surface area contributed by atoms with Crippen LogP contribution in [0.4, 0.5) is 5.69 Å². The Bertz CT molecular complexity index is 1250. The summed E-state index contributed by atoms with van der Waals surface area (Å²) in [6, 6.07) is 5.74. The summed E-state index contributed by atoms with van der Waals surface area (Å²) in [4.78, 5) is 23.5. The van der Waals surface area contributed by atoms with E-state index < -0.39 is 0 Å². The van der Waals surface area contributed by atoms with E-state index in [0.29, 0.717) is 42.1 Å². The van der Waals surface area contributed by atoms with Gasteiger partial charge in [-0.25, -0.2) is 4.98 Å². The van der Waals surface area contributed by atoms with Gasteiger partial charge in [0.1, 0.15) is 12.4 Å². The van der Waals surface area contributed by atoms with E-state index in [4.69, 9.17) is 14.5 Å². The topological polar surface area (TPSA) is 88.6 Å². The Morgan fingerprint density at radius 2 is 2.12 bits per heavy atom. The number of ether oxygens (including phenoxy) is 2. The first kappa shape index (κ1) is 21.4. The second-order valence-corrected chi connectivity index (χ2v) is 7.26. The number of nitrogens with one attached hydrogen (secondary N) is 2. The minimum absolute atomic E-state index is 0.0705. The molecule has 2 aliphatic rings. The Morgan fingerprint density at radius 3 is 2.84 bits per heavy atom. The number of likely N-dealkylation sites (N-methyl/N-ethyl adjacent to an activating group) is 2. The van der Waals surface area contributed by atoms with Gasteiger partial charge >= 0.3 is 0 Å². The highest BCUT2D eigenvalue weighted by Crippen LogP contribution is 2.24. The van der Waals surface area contributed by atoms with Crippen LogP contribution < -0.4 is 30.8 Å². The fourth-order valence-corrected chi connectivity index (χ4v) is 3.50. The monoisotopic (exact) mass is 431 g/mol. The molecule has 32 heavy (non-hydrogen) atoms. The molecule has 0 bridgehead atoms. The molecular weight excluding hydrogens is 406 g/mol. The number of pyridine rings is 2. The maximum Gasteiger partial charge on any atom is 0.248 e. The molecule has 0 unspecified atom stereocenters. The lowest BCUT2D eigenvalue weighted by atomic mass is 10.1. The zero-order chi connectivity index (χ0) is 22.5. The van der Waals surface area contributed by atoms with Gasteiger partial charge in [0, 0.05) is 38.0 Å². The molecule has 0 aromatic carbocycles. The molecule has 0 saturated heterocycles. The van der Waals surface area contributed by atoms with Crippen molar-refractivity contribution in [3.05, 3.63) is 58.2 Å². The number of methoxy groups -OCH3 is 1. The van der Waals surface area contributed by atoms with Crippen molar-refractivity contribution in [2.45, 2.75) is 6.42 Å². The number of aromatic nitrogens is 2. The predicted molar refractivity (Wildman–Crippen MR) is 122 cm³/mol. The van der Waals surface area contributed by atoms with E-state index in [1.807, 2.05) is 42.4 Å². The third-order valence-electron chi connectivity index (χ3n) is 5.21. The van der Waals surface area contributed by atoms with Gasteiger partial charge < -0.3 is 25.0 Å². The maximum absolute atomic E-state index is 12.1. The standard InChI is InChI=1S/C24H25N5O3/c1-25-9-11-32-18-5-7-20(27-14-18)22-13-23(29-10-8-16(15-29)24(30)26-2)19-6-4-17(31-3)12-21(19)28-22/h5,7,12-15,25H,8-11H2,1-3H3,(H,26,30). The van der Waals surface area contributed by atoms with Crippen molar-refractivity contribution in [1.82, 2.24) is 20.6 Å². The van der Waals surface area contributed by atoms with Gasteiger partial charge in [0.15, 0.2) is 5.76 Å². The van der Waals surface area contributed by atoms with Gasteiger partial charge in [-0.05, 0) is 37.4 Å². The normalized spacial score (nSPS) is 14.0. The SMILES string of the molecule is CNCCOc1ccc(-c2cc(N3C=C(C(=O)NC)CC3)c3c(n2)=CC(OC)=C=C=3)nc1. The van der Waals surface area contributed by atoms with Crippen molar-refractivity contribution in [3.63, 3.8) is 0 Å². The molecule has 1 amide bonds. The van der Waals surface area contributed by atoms with Crippen LogP contribution in [-0.4, -0.2) is 56.8 Å². The minimum atomic E-state index is -0.0705. The van der Waals surface area contributed by atoms with Crippen LogP contribution >= 0.6 is 0 Å². The molecule has 2 aromatic rings. The summed E-state index contributed by atoms with van der Waals surface area (Å²) >= 11 is 0.